The molecular weight excluding hydrogens is 1510 g/mol. The lowest BCUT2D eigenvalue weighted by Crippen LogP contribution is -2.62. The number of aromatic nitrogens is 4. The second-order valence-corrected chi connectivity index (χ2v) is 28.5. The molecule has 15 amide bonds. The normalized spacial score (nSPS) is 14.5. The number of carboxylic acid groups (broad SMARTS) is 2. The highest BCUT2D eigenvalue weighted by molar-refractivity contribution is 6.00. The van der Waals surface area contributed by atoms with Crippen molar-refractivity contribution < 1.29 is 102 Å². The number of aliphatic hydroxyl groups is 1. The van der Waals surface area contributed by atoms with E-state index in [1.54, 1.807) is 27.7 Å². The number of phenols is 1. The van der Waals surface area contributed by atoms with E-state index in [2.05, 4.69) is 94.4 Å². The number of aliphatic hydroxyl groups excluding tert-OH is 1. The summed E-state index contributed by atoms with van der Waals surface area (Å²) in [4.78, 5) is 243. The number of nitrogens with two attached hydrogens (primary N) is 4. The number of rotatable bonds is 53. The predicted octanol–water partition coefficient (Wildman–Crippen LogP) is -7.10. The third-order valence-electron chi connectivity index (χ3n) is 17.8. The Hall–Kier alpha value is -12.4. The second-order valence-electron chi connectivity index (χ2n) is 28.5. The third-order valence-corrected chi connectivity index (χ3v) is 17.8. The Morgan fingerprint density at radius 2 is 0.861 bits per heavy atom. The predicted molar refractivity (Wildman–Crippen MR) is 408 cm³/mol. The SMILES string of the molecule is CC[C@H](C)[C@H](NC(=O)[C@@H](NC(=O)[C@H](CCCNC(=N)N)NC(=O)[C@H](CO)NC(=O)CNC(=O)[C@H](Cc1ccc(O)cc1)NC(=O)[C@@H](N)CCC(N)=O)C(C)C)C(=O)N[C@@H](CCC(N)=O)C(=O)N[C@@H](Cc1c[nH]cn1)C(=O)N[C@H](C(=O)N[C@@H](CC(C)C)C(=O)N[C@@H](CCC(=O)O)C(=O)N[C@@H](Cc1c[nH]cn1)C(=O)NCC(=O)O)C(C)C. The molecule has 0 aliphatic carbocycles. The number of carbonyl (C=O) groups is 17. The van der Waals surface area contributed by atoms with Crippen LogP contribution in [-0.4, -0.2) is 246 Å². The van der Waals surface area contributed by atoms with Gasteiger partial charge >= 0.3 is 11.9 Å². The van der Waals surface area contributed by atoms with Gasteiger partial charge in [0.05, 0.1) is 43.2 Å². The van der Waals surface area contributed by atoms with Gasteiger partial charge in [0, 0.05) is 57.5 Å². The monoisotopic (exact) mass is 1620 g/mol. The number of hydrogen-bond acceptors (Lipinski definition) is 23. The zero-order valence-corrected chi connectivity index (χ0v) is 65.3. The maximum Gasteiger partial charge on any atom is 0.322 e. The number of amides is 15. The molecule has 115 heavy (non-hydrogen) atoms. The van der Waals surface area contributed by atoms with E-state index in [0.29, 0.717) is 5.56 Å². The van der Waals surface area contributed by atoms with Gasteiger partial charge in [0.15, 0.2) is 5.96 Å². The van der Waals surface area contributed by atoms with Crippen LogP contribution in [0.4, 0.5) is 0 Å². The molecule has 0 unspecified atom stereocenters. The maximum absolute atomic E-state index is 14.7. The summed E-state index contributed by atoms with van der Waals surface area (Å²) in [6.07, 6.45) is 1.76. The van der Waals surface area contributed by atoms with Crippen molar-refractivity contribution in [1.29, 1.82) is 5.41 Å². The summed E-state index contributed by atoms with van der Waals surface area (Å²) in [6, 6.07) is -12.9. The molecule has 0 bridgehead atoms. The van der Waals surface area contributed by atoms with Crippen LogP contribution in [0.15, 0.2) is 49.3 Å². The lowest BCUT2D eigenvalue weighted by atomic mass is 9.95. The summed E-state index contributed by atoms with van der Waals surface area (Å²) in [7, 11) is 0. The first-order valence-corrected chi connectivity index (χ1v) is 37.2. The Kier molecular flexibility index (Phi) is 41.4. The topological polar surface area (TPSA) is 725 Å². The Bertz CT molecular complexity index is 3810. The van der Waals surface area contributed by atoms with E-state index < -0.39 is 242 Å². The highest BCUT2D eigenvalue weighted by Gasteiger charge is 2.39. The molecule has 0 radical (unpaired) electrons. The number of nitrogens with one attached hydrogen (secondary N) is 17. The summed E-state index contributed by atoms with van der Waals surface area (Å²) in [6.45, 7) is 10.0. The van der Waals surface area contributed by atoms with Crippen LogP contribution in [0.5, 0.6) is 5.75 Å². The fourth-order valence-corrected chi connectivity index (χ4v) is 11.2. The molecule has 0 aliphatic rings. The second kappa shape index (κ2) is 49.2. The van der Waals surface area contributed by atoms with Crippen molar-refractivity contribution in [2.45, 2.75) is 211 Å². The number of carboxylic acids is 2. The van der Waals surface area contributed by atoms with Crippen LogP contribution in [0, 0.1) is 29.1 Å². The lowest BCUT2D eigenvalue weighted by molar-refractivity contribution is -0.139. The van der Waals surface area contributed by atoms with E-state index >= 15 is 0 Å². The number of benzene rings is 1. The number of aromatic amines is 2. The molecule has 44 heteroatoms. The quantitative estimate of drug-likeness (QED) is 0.0142. The van der Waals surface area contributed by atoms with E-state index in [1.165, 1.54) is 77.0 Å². The fraction of sp³-hybridized carbons (Fsp3) is 0.577. The largest absolute Gasteiger partial charge is 0.508 e. The Labute approximate surface area is 662 Å². The van der Waals surface area contributed by atoms with Crippen LogP contribution in [0.25, 0.3) is 0 Å². The zero-order valence-electron chi connectivity index (χ0n) is 65.3. The van der Waals surface area contributed by atoms with Crippen molar-refractivity contribution in [1.82, 2.24) is 94.4 Å². The first-order chi connectivity index (χ1) is 54.1. The fourth-order valence-electron chi connectivity index (χ4n) is 11.2. The molecular formula is C71H111N23O21. The number of imidazole rings is 2. The van der Waals surface area contributed by atoms with Crippen molar-refractivity contribution >= 4 is 107 Å². The number of guanidine groups is 1. The van der Waals surface area contributed by atoms with Crippen molar-refractivity contribution in [2.75, 3.05) is 26.2 Å². The van der Waals surface area contributed by atoms with Crippen LogP contribution in [-0.2, 0) is 101 Å². The Morgan fingerprint density at radius 3 is 1.33 bits per heavy atom. The summed E-state index contributed by atoms with van der Waals surface area (Å²) in [5.41, 5.74) is 23.0. The molecule has 2 heterocycles. The summed E-state index contributed by atoms with van der Waals surface area (Å²) in [5.74, 6) is -20.6. The molecule has 3 rings (SSSR count). The first-order valence-electron chi connectivity index (χ1n) is 37.2. The molecule has 0 fully saturated rings. The van der Waals surface area contributed by atoms with Crippen molar-refractivity contribution in [3.05, 3.63) is 66.3 Å². The zero-order chi connectivity index (χ0) is 86.3. The van der Waals surface area contributed by atoms with E-state index in [0.717, 1.165) is 0 Å². The summed E-state index contributed by atoms with van der Waals surface area (Å²) >= 11 is 0. The van der Waals surface area contributed by atoms with Crippen LogP contribution < -0.4 is 97.4 Å². The number of hydrogen-bond donors (Lipinski definition) is 25. The molecule has 0 aliphatic heterocycles. The van der Waals surface area contributed by atoms with Gasteiger partial charge in [0.1, 0.15) is 78.8 Å². The highest BCUT2D eigenvalue weighted by Crippen LogP contribution is 2.17. The van der Waals surface area contributed by atoms with E-state index in [4.69, 9.17) is 28.3 Å². The highest BCUT2D eigenvalue weighted by atomic mass is 16.4. The van der Waals surface area contributed by atoms with Crippen LogP contribution >= 0.6 is 0 Å². The summed E-state index contributed by atoms with van der Waals surface area (Å²) < 4.78 is 0. The molecule has 1 aromatic carbocycles. The van der Waals surface area contributed by atoms with Crippen molar-refractivity contribution in [3.63, 3.8) is 0 Å². The number of H-pyrrole nitrogens is 2. The molecule has 0 saturated heterocycles. The van der Waals surface area contributed by atoms with Gasteiger partial charge in [-0.05, 0) is 79.9 Å². The number of aliphatic carboxylic acids is 2. The standard InChI is InChI=1S/C71H111N23O21/c1-9-37(8)58(94-69(114)57(36(6)7)92-64(109)43(11-10-22-79-71(75)76)85-67(112)50(31-95)84-53(99)29-80-60(105)47(24-38-12-14-41(96)15-13-38)88-59(104)42(72)16-19-51(73)97)70(115)87-44(17-20-52(74)98)62(107)90-49(26-40-28-78-33-83-40)66(111)93-56(35(4)5)68(113)91-46(23-34(2)3)65(110)86-45(18-21-54(100)101)63(108)89-48(25-39-27-77-32-82-39)61(106)81-30-55(102)103/h12-15,27-28,32-37,42-50,56-58,95-96H,9-11,16-26,29-31,72H2,1-8H3,(H2,73,97)(H2,74,98)(H,77,82)(H,78,83)(H,80,105)(H,81,106)(H,84,99)(H,85,112)(H,86,110)(H,87,115)(H,88,104)(H,89,108)(H,90,107)(H,91,113)(H,92,109)(H,93,111)(H,94,114)(H,100,101)(H,102,103)(H4,75,76,79)/t37-,42-,43-,44-,45-,46-,47-,48-,49-,50-,56-,57-,58-/m0/s1. The van der Waals surface area contributed by atoms with Gasteiger partial charge in [-0.2, -0.15) is 0 Å². The molecule has 0 saturated carbocycles. The minimum atomic E-state index is -1.79. The minimum absolute atomic E-state index is 0.0163. The number of phenolic OH excluding ortho intramolecular Hbond substituents is 1. The van der Waals surface area contributed by atoms with Crippen molar-refractivity contribution in [3.8, 4) is 5.75 Å². The van der Waals surface area contributed by atoms with Crippen molar-refractivity contribution in [2.24, 2.45) is 46.6 Å². The average molecular weight is 1620 g/mol. The molecule has 636 valence electrons. The van der Waals surface area contributed by atoms with E-state index in [1.807, 2.05) is 0 Å². The van der Waals surface area contributed by atoms with Gasteiger partial charge in [0.2, 0.25) is 88.6 Å². The lowest BCUT2D eigenvalue weighted by Gasteiger charge is -2.31. The number of primary amides is 2. The maximum atomic E-state index is 14.7. The van der Waals surface area contributed by atoms with Gasteiger partial charge < -0.3 is 128 Å². The minimum Gasteiger partial charge on any atom is -0.508 e. The van der Waals surface area contributed by atoms with Gasteiger partial charge in [-0.15, -0.1) is 0 Å². The molecule has 13 atom stereocenters. The van der Waals surface area contributed by atoms with Crippen LogP contribution in [0.1, 0.15) is 137 Å². The number of nitrogens with zero attached hydrogens (tertiary/aromatic N) is 2. The number of carbonyl (C=O) groups excluding carboxylic acids is 15. The third kappa shape index (κ3) is 35.9. The van der Waals surface area contributed by atoms with E-state index in [-0.39, 0.29) is 87.4 Å². The van der Waals surface area contributed by atoms with Gasteiger partial charge in [0.25, 0.3) is 0 Å². The van der Waals surface area contributed by atoms with E-state index in [9.17, 15) is 102 Å². The van der Waals surface area contributed by atoms with Gasteiger partial charge in [-0.3, -0.25) is 86.9 Å². The number of aromatic hydroxyl groups is 1. The average Bonchev–Trinajstić information content (AvgIpc) is 1.10. The molecule has 3 aromatic rings. The van der Waals surface area contributed by atoms with Crippen LogP contribution in [0.3, 0.4) is 0 Å². The molecule has 29 N–H and O–H groups in total. The molecule has 0 spiro atoms. The molecule has 2 aromatic heterocycles. The smallest absolute Gasteiger partial charge is 0.322 e. The van der Waals surface area contributed by atoms with Crippen LogP contribution in [0.2, 0.25) is 0 Å². The summed E-state index contributed by atoms with van der Waals surface area (Å²) in [5, 5.41) is 81.2. The van der Waals surface area contributed by atoms with Gasteiger partial charge in [-0.1, -0.05) is 73.9 Å². The Balaban J connectivity index is 1.90. The molecule has 44 nitrogen and oxygen atoms in total. The first kappa shape index (κ1) is 96.8. The van der Waals surface area contributed by atoms with Gasteiger partial charge in [-0.25, -0.2) is 9.97 Å². The Morgan fingerprint density at radius 1 is 0.452 bits per heavy atom.